The number of aryl methyl sites for hydroxylation is 1. The quantitative estimate of drug-likeness (QED) is 0.371. The van der Waals surface area contributed by atoms with Crippen LogP contribution in [0.5, 0.6) is 11.5 Å². The van der Waals surface area contributed by atoms with Gasteiger partial charge in [0.05, 0.1) is 54.6 Å². The average molecular weight is 590 g/mol. The number of methoxy groups -OCH3 is 1. The second kappa shape index (κ2) is 10.5. The summed E-state index contributed by atoms with van der Waals surface area (Å²) in [5, 5.41) is 2.79. The molecule has 2 atom stereocenters. The number of carbonyl (C=O) groups excluding carboxylic acids is 2. The number of amides is 1. The van der Waals surface area contributed by atoms with Gasteiger partial charge in [0.2, 0.25) is 0 Å². The maximum atomic E-state index is 13.0. The Balaban J connectivity index is 1.02. The van der Waals surface area contributed by atoms with Crippen molar-refractivity contribution in [3.05, 3.63) is 46.9 Å². The van der Waals surface area contributed by atoms with Crippen LogP contribution in [0.25, 0.3) is 11.0 Å². The Bertz CT molecular complexity index is 1630. The third-order valence-corrected chi connectivity index (χ3v) is 9.75. The van der Waals surface area contributed by atoms with E-state index in [4.69, 9.17) is 18.9 Å². The van der Waals surface area contributed by atoms with E-state index < -0.39 is 0 Å². The lowest BCUT2D eigenvalue weighted by Crippen LogP contribution is -2.62. The van der Waals surface area contributed by atoms with Crippen LogP contribution >= 0.6 is 0 Å². The Morgan fingerprint density at radius 3 is 2.79 bits per heavy atom. The van der Waals surface area contributed by atoms with Gasteiger partial charge in [0, 0.05) is 31.6 Å². The monoisotopic (exact) mass is 589 g/mol. The molecule has 12 nitrogen and oxygen atoms in total. The highest BCUT2D eigenvalue weighted by molar-refractivity contribution is 5.94. The van der Waals surface area contributed by atoms with E-state index in [9.17, 15) is 14.4 Å². The fourth-order valence-corrected chi connectivity index (χ4v) is 6.73. The summed E-state index contributed by atoms with van der Waals surface area (Å²) >= 11 is 0. The van der Waals surface area contributed by atoms with Crippen molar-refractivity contribution >= 4 is 34.5 Å². The molecule has 5 aliphatic rings. The summed E-state index contributed by atoms with van der Waals surface area (Å²) in [4.78, 5) is 47.9. The molecule has 6 heterocycles. The van der Waals surface area contributed by atoms with E-state index in [1.807, 2.05) is 25.2 Å². The van der Waals surface area contributed by atoms with Crippen molar-refractivity contribution in [2.75, 3.05) is 44.2 Å². The van der Waals surface area contributed by atoms with Gasteiger partial charge in [0.25, 0.3) is 11.5 Å². The topological polar surface area (TPSA) is 134 Å². The Hall–Kier alpha value is -4.19. The molecule has 3 aromatic heterocycles. The van der Waals surface area contributed by atoms with E-state index in [-0.39, 0.29) is 47.0 Å². The highest BCUT2D eigenvalue weighted by Gasteiger charge is 2.52. The van der Waals surface area contributed by atoms with Crippen molar-refractivity contribution in [2.45, 2.75) is 56.2 Å². The third kappa shape index (κ3) is 5.07. The highest BCUT2D eigenvalue weighted by Crippen LogP contribution is 2.49. The van der Waals surface area contributed by atoms with Crippen LogP contribution in [0.2, 0.25) is 0 Å². The minimum absolute atomic E-state index is 0.000631. The average Bonchev–Trinajstić information content (AvgIpc) is 3.83. The Kier molecular flexibility index (Phi) is 6.76. The second-order valence-electron chi connectivity index (χ2n) is 12.2. The third-order valence-electron chi connectivity index (χ3n) is 9.75. The van der Waals surface area contributed by atoms with Gasteiger partial charge in [-0.25, -0.2) is 4.98 Å². The molecule has 2 unspecified atom stereocenters. The number of esters is 1. The normalized spacial score (nSPS) is 27.2. The number of likely N-dealkylation sites (N-methyl/N-ethyl adjacent to an activating group) is 1. The number of ether oxygens (including phenoxy) is 4. The van der Waals surface area contributed by atoms with Crippen molar-refractivity contribution < 1.29 is 28.5 Å². The lowest BCUT2D eigenvalue weighted by atomic mass is 9.69. The summed E-state index contributed by atoms with van der Waals surface area (Å²) in [5.74, 6) is 1.98. The molecule has 2 aliphatic carbocycles. The van der Waals surface area contributed by atoms with E-state index >= 15 is 0 Å². The summed E-state index contributed by atoms with van der Waals surface area (Å²) in [7, 11) is 3.43. The Morgan fingerprint density at radius 2 is 2.02 bits per heavy atom. The molecular formula is C31H35N5O7. The number of anilines is 2. The van der Waals surface area contributed by atoms with Crippen molar-refractivity contribution in [1.29, 1.82) is 0 Å². The van der Waals surface area contributed by atoms with Crippen molar-refractivity contribution in [3.8, 4) is 11.5 Å². The first kappa shape index (κ1) is 27.6. The molecule has 0 radical (unpaired) electrons. The van der Waals surface area contributed by atoms with Crippen LogP contribution in [0.3, 0.4) is 0 Å². The number of fused-ring (bicyclic) bond motifs is 5. The van der Waals surface area contributed by atoms with Crippen molar-refractivity contribution in [2.24, 2.45) is 11.8 Å². The van der Waals surface area contributed by atoms with Crippen molar-refractivity contribution in [3.63, 3.8) is 0 Å². The summed E-state index contributed by atoms with van der Waals surface area (Å²) in [6.45, 7) is 1.46. The number of hydrogen-bond donors (Lipinski definition) is 1. The molecule has 2 bridgehead atoms. The molecule has 3 aromatic rings. The smallest absolute Gasteiger partial charge is 0.309 e. The van der Waals surface area contributed by atoms with Crippen LogP contribution in [-0.4, -0.2) is 71.5 Å². The molecule has 12 heteroatoms. The van der Waals surface area contributed by atoms with Crippen LogP contribution in [0, 0.1) is 11.8 Å². The zero-order valence-electron chi connectivity index (χ0n) is 24.3. The van der Waals surface area contributed by atoms with Crippen molar-refractivity contribution in [1.82, 2.24) is 14.5 Å². The zero-order chi connectivity index (χ0) is 29.8. The molecule has 8 rings (SSSR count). The number of rotatable bonds is 9. The van der Waals surface area contributed by atoms with Gasteiger partial charge in [0.15, 0.2) is 18.2 Å². The predicted molar refractivity (Wildman–Crippen MR) is 156 cm³/mol. The molecule has 0 aromatic carbocycles. The van der Waals surface area contributed by atoms with Gasteiger partial charge in [-0.1, -0.05) is 0 Å². The summed E-state index contributed by atoms with van der Waals surface area (Å²) in [6, 6.07) is 8.92. The second-order valence-corrected chi connectivity index (χ2v) is 12.2. The Morgan fingerprint density at radius 1 is 1.19 bits per heavy atom. The van der Waals surface area contributed by atoms with E-state index in [1.165, 1.54) is 7.11 Å². The molecule has 226 valence electrons. The number of hydrogen-bond acceptors (Lipinski definition) is 10. The van der Waals surface area contributed by atoms with Gasteiger partial charge in [-0.3, -0.25) is 19.4 Å². The molecule has 4 fully saturated rings. The van der Waals surface area contributed by atoms with Crippen LogP contribution in [0.4, 0.5) is 11.6 Å². The summed E-state index contributed by atoms with van der Waals surface area (Å²) in [5.41, 5.74) is 0.856. The minimum Gasteiger partial charge on any atom is -0.492 e. The van der Waals surface area contributed by atoms with Gasteiger partial charge in [0.1, 0.15) is 11.6 Å². The molecule has 3 aliphatic heterocycles. The first-order chi connectivity index (χ1) is 20.8. The predicted octanol–water partition coefficient (Wildman–Crippen LogP) is 2.92. The van der Waals surface area contributed by atoms with Crippen LogP contribution in [-0.2, 0) is 25.6 Å². The number of pyridine rings is 3. The van der Waals surface area contributed by atoms with Gasteiger partial charge in [-0.15, -0.1) is 0 Å². The van der Waals surface area contributed by atoms with Gasteiger partial charge in [-0.05, 0) is 56.7 Å². The molecule has 1 amide bonds. The zero-order valence-corrected chi connectivity index (χ0v) is 24.3. The Labute approximate surface area is 248 Å². The molecule has 43 heavy (non-hydrogen) atoms. The number of aromatic nitrogens is 3. The van der Waals surface area contributed by atoms with Gasteiger partial charge < -0.3 is 33.7 Å². The van der Waals surface area contributed by atoms with Gasteiger partial charge >= 0.3 is 5.97 Å². The van der Waals surface area contributed by atoms with Crippen LogP contribution in [0.1, 0.15) is 38.5 Å². The largest absolute Gasteiger partial charge is 0.492 e. The highest BCUT2D eigenvalue weighted by atomic mass is 16.5. The molecule has 0 spiro atoms. The lowest BCUT2D eigenvalue weighted by molar-refractivity contribution is -0.158. The fourth-order valence-electron chi connectivity index (χ4n) is 6.73. The van der Waals surface area contributed by atoms with E-state index in [1.54, 1.807) is 22.9 Å². The number of nitrogens with one attached hydrogen (secondary N) is 1. The summed E-state index contributed by atoms with van der Waals surface area (Å²) < 4.78 is 24.6. The summed E-state index contributed by atoms with van der Waals surface area (Å²) in [6.07, 6.45) is 6.74. The maximum absolute atomic E-state index is 13.0. The van der Waals surface area contributed by atoms with Gasteiger partial charge in [-0.2, -0.15) is 0 Å². The minimum atomic E-state index is -0.300. The maximum Gasteiger partial charge on any atom is 0.309 e. The first-order valence-electron chi connectivity index (χ1n) is 14.8. The molecular weight excluding hydrogens is 554 g/mol. The molecule has 2 saturated carbocycles. The van der Waals surface area contributed by atoms with E-state index in [0.717, 1.165) is 49.0 Å². The standard InChI is InChI=1S/C31H35N5O7/c1-35(25-5-4-24-28(33-25)34-26(37)17-42-24)30-7-9-31(10-8-30,43-18-30)11-12-36-23-14-20(15-32-22(23)3-6-27(36)38)41-16-19-13-21(19)29(39)40-2/h3-6,14-15,19,21H,7-13,16-18H2,1-2H3,(H,33,34,37). The molecule has 1 N–H and O–H groups in total. The first-order valence-corrected chi connectivity index (χ1v) is 14.8. The van der Waals surface area contributed by atoms with E-state index in [2.05, 4.69) is 20.2 Å². The fraction of sp³-hybridized carbons (Fsp3) is 0.516. The number of carbonyl (C=O) groups is 2. The van der Waals surface area contributed by atoms with E-state index in [0.29, 0.717) is 43.5 Å². The van der Waals surface area contributed by atoms with Crippen LogP contribution < -0.4 is 25.2 Å². The number of nitrogens with zero attached hydrogens (tertiary/aromatic N) is 4. The SMILES string of the molecule is COC(=O)C1CC1COc1cnc2ccc(=O)n(CCC34CCC(N(C)c5ccc6c(n5)NC(=O)CO6)(CC3)CO4)c2c1. The molecule has 2 saturated heterocycles. The van der Waals surface area contributed by atoms with Crippen LogP contribution in [0.15, 0.2) is 41.3 Å². The lowest BCUT2D eigenvalue weighted by Gasteiger charge is -2.56.